The van der Waals surface area contributed by atoms with E-state index in [1.807, 2.05) is 0 Å². The molecule has 0 saturated carbocycles. The van der Waals surface area contributed by atoms with Crippen LogP contribution in [0, 0.1) is 11.6 Å². The summed E-state index contributed by atoms with van der Waals surface area (Å²) < 4.78 is 26.3. The lowest BCUT2D eigenvalue weighted by molar-refractivity contribution is -0.124. The average molecular weight is 282 g/mol. The summed E-state index contributed by atoms with van der Waals surface area (Å²) in [6.07, 6.45) is 3.98. The minimum atomic E-state index is -0.696. The lowest BCUT2D eigenvalue weighted by atomic mass is 10.2. The van der Waals surface area contributed by atoms with E-state index in [1.54, 1.807) is 0 Å². The summed E-state index contributed by atoms with van der Waals surface area (Å²) in [5, 5.41) is 8.69. The van der Waals surface area contributed by atoms with Crippen molar-refractivity contribution in [1.82, 2.24) is 10.5 Å². The second kappa shape index (κ2) is 5.68. The third kappa shape index (κ3) is 3.21. The van der Waals surface area contributed by atoms with Crippen LogP contribution in [0.25, 0.3) is 16.6 Å². The van der Waals surface area contributed by atoms with Crippen LogP contribution in [0.3, 0.4) is 0 Å². The Balaban J connectivity index is 2.26. The van der Waals surface area contributed by atoms with Gasteiger partial charge in [-0.2, -0.15) is 0 Å². The number of carbonyl (C=O) groups excluding carboxylic acids is 1. The number of aromatic nitrogens is 1. The van der Waals surface area contributed by atoms with Gasteiger partial charge < -0.3 is 0 Å². The molecule has 0 saturated heterocycles. The summed E-state index contributed by atoms with van der Waals surface area (Å²) in [4.78, 5) is 15.4. The predicted molar refractivity (Wildman–Crippen MR) is 66.4 cm³/mol. The maximum Gasteiger partial charge on any atom is 0.267 e. The lowest BCUT2D eigenvalue weighted by Crippen LogP contribution is -2.14. The fourth-order valence-corrected chi connectivity index (χ4v) is 2.19. The largest absolute Gasteiger partial charge is 0.288 e. The van der Waals surface area contributed by atoms with E-state index in [1.165, 1.54) is 23.8 Å². The Labute approximate surface area is 111 Å². The Morgan fingerprint density at radius 1 is 1.42 bits per heavy atom. The van der Waals surface area contributed by atoms with E-state index in [-0.39, 0.29) is 5.56 Å². The highest BCUT2D eigenvalue weighted by atomic mass is 32.1. The number of rotatable bonds is 3. The number of amides is 1. The van der Waals surface area contributed by atoms with Gasteiger partial charge in [-0.25, -0.2) is 19.2 Å². The first-order valence-corrected chi connectivity index (χ1v) is 5.95. The molecule has 0 aliphatic heterocycles. The topological polar surface area (TPSA) is 62.2 Å². The van der Waals surface area contributed by atoms with Crippen LogP contribution >= 0.6 is 11.3 Å². The van der Waals surface area contributed by atoms with Crippen LogP contribution in [0.5, 0.6) is 0 Å². The predicted octanol–water partition coefficient (Wildman–Crippen LogP) is 2.61. The molecule has 2 rings (SSSR count). The van der Waals surface area contributed by atoms with E-state index in [0.29, 0.717) is 9.88 Å². The first-order chi connectivity index (χ1) is 9.10. The second-order valence-corrected chi connectivity index (χ2v) is 4.56. The number of hydrogen-bond donors (Lipinski definition) is 2. The summed E-state index contributed by atoms with van der Waals surface area (Å²) in [6, 6.07) is 3.23. The lowest BCUT2D eigenvalue weighted by Gasteiger charge is -1.97. The summed E-state index contributed by atoms with van der Waals surface area (Å²) in [6.45, 7) is 0. The normalized spacial score (nSPS) is 10.9. The van der Waals surface area contributed by atoms with Gasteiger partial charge >= 0.3 is 0 Å². The maximum absolute atomic E-state index is 13.5. The number of hydroxylamine groups is 1. The van der Waals surface area contributed by atoms with Crippen molar-refractivity contribution in [3.05, 3.63) is 47.0 Å². The molecule has 0 atom stereocenters. The van der Waals surface area contributed by atoms with Crippen LogP contribution < -0.4 is 5.48 Å². The Bertz CT molecular complexity index is 640. The molecule has 1 aromatic heterocycles. The first-order valence-electron chi connectivity index (χ1n) is 5.13. The molecule has 2 aromatic rings. The van der Waals surface area contributed by atoms with Crippen LogP contribution in [0.2, 0.25) is 0 Å². The van der Waals surface area contributed by atoms with Gasteiger partial charge in [0.05, 0.1) is 0 Å². The Morgan fingerprint density at radius 2 is 2.21 bits per heavy atom. The highest BCUT2D eigenvalue weighted by Gasteiger charge is 2.09. The van der Waals surface area contributed by atoms with Gasteiger partial charge in [-0.1, -0.05) is 0 Å². The molecule has 19 heavy (non-hydrogen) atoms. The van der Waals surface area contributed by atoms with Crippen molar-refractivity contribution in [2.24, 2.45) is 0 Å². The van der Waals surface area contributed by atoms with Gasteiger partial charge in [-0.05, 0) is 18.2 Å². The van der Waals surface area contributed by atoms with Crippen LogP contribution in [-0.4, -0.2) is 16.1 Å². The van der Waals surface area contributed by atoms with Crippen LogP contribution in [0.4, 0.5) is 8.78 Å². The van der Waals surface area contributed by atoms with E-state index >= 15 is 0 Å². The van der Waals surface area contributed by atoms with E-state index in [4.69, 9.17) is 5.21 Å². The number of nitrogens with one attached hydrogen (secondary N) is 1. The minimum absolute atomic E-state index is 0.192. The molecule has 1 amide bonds. The van der Waals surface area contributed by atoms with Gasteiger partial charge in [0.1, 0.15) is 16.6 Å². The fraction of sp³-hybridized carbons (Fsp3) is 0. The highest BCUT2D eigenvalue weighted by Crippen LogP contribution is 2.28. The second-order valence-electron chi connectivity index (χ2n) is 3.50. The van der Waals surface area contributed by atoms with Gasteiger partial charge in [-0.3, -0.25) is 10.0 Å². The molecular formula is C12H8F2N2O2S. The SMILES string of the molecule is O=C(/C=C/c1cnc(-c2ccc(F)cc2F)s1)NO. The van der Waals surface area contributed by atoms with Crippen molar-refractivity contribution in [3.8, 4) is 10.6 Å². The molecule has 7 heteroatoms. The molecule has 2 N–H and O–H groups in total. The molecular weight excluding hydrogens is 274 g/mol. The molecule has 0 aliphatic rings. The van der Waals surface area contributed by atoms with Crippen LogP contribution in [0.15, 0.2) is 30.5 Å². The summed E-state index contributed by atoms with van der Waals surface area (Å²) in [7, 11) is 0. The standard InChI is InChI=1S/C12H8F2N2O2S/c13-7-1-3-9(10(14)5-7)12-15-6-8(19-12)2-4-11(17)16-18/h1-6,18H,(H,16,17)/b4-2+. The maximum atomic E-state index is 13.5. The summed E-state index contributed by atoms with van der Waals surface area (Å²) >= 11 is 1.14. The number of carbonyl (C=O) groups is 1. The van der Waals surface area contributed by atoms with Crippen molar-refractivity contribution in [3.63, 3.8) is 0 Å². The van der Waals surface area contributed by atoms with Crippen molar-refractivity contribution in [1.29, 1.82) is 0 Å². The van der Waals surface area contributed by atoms with E-state index < -0.39 is 17.5 Å². The van der Waals surface area contributed by atoms with Crippen molar-refractivity contribution >= 4 is 23.3 Å². The van der Waals surface area contributed by atoms with Crippen molar-refractivity contribution < 1.29 is 18.8 Å². The number of halogens is 2. The molecule has 0 fully saturated rings. The van der Waals surface area contributed by atoms with Crippen molar-refractivity contribution in [2.75, 3.05) is 0 Å². The smallest absolute Gasteiger partial charge is 0.267 e. The summed E-state index contributed by atoms with van der Waals surface area (Å²) in [5.74, 6) is -2.03. The van der Waals surface area contributed by atoms with E-state index in [2.05, 4.69) is 4.98 Å². The monoisotopic (exact) mass is 282 g/mol. The Kier molecular flexibility index (Phi) is 3.98. The van der Waals surface area contributed by atoms with E-state index in [9.17, 15) is 13.6 Å². The Hall–Kier alpha value is -2.12. The Morgan fingerprint density at radius 3 is 2.89 bits per heavy atom. The van der Waals surface area contributed by atoms with Crippen LogP contribution in [-0.2, 0) is 4.79 Å². The molecule has 0 bridgehead atoms. The van der Waals surface area contributed by atoms with Crippen LogP contribution in [0.1, 0.15) is 4.88 Å². The molecule has 0 radical (unpaired) electrons. The zero-order chi connectivity index (χ0) is 13.8. The number of thiazole rings is 1. The quantitative estimate of drug-likeness (QED) is 0.517. The number of benzene rings is 1. The van der Waals surface area contributed by atoms with Gasteiger partial charge in [0, 0.05) is 28.8 Å². The zero-order valence-electron chi connectivity index (χ0n) is 9.43. The minimum Gasteiger partial charge on any atom is -0.288 e. The molecule has 4 nitrogen and oxygen atoms in total. The van der Waals surface area contributed by atoms with Gasteiger partial charge in [0.25, 0.3) is 5.91 Å². The molecule has 1 aromatic carbocycles. The third-order valence-electron chi connectivity index (χ3n) is 2.19. The zero-order valence-corrected chi connectivity index (χ0v) is 10.2. The number of hydrogen-bond acceptors (Lipinski definition) is 4. The third-order valence-corrected chi connectivity index (χ3v) is 3.19. The van der Waals surface area contributed by atoms with Gasteiger partial charge in [0.15, 0.2) is 0 Å². The summed E-state index contributed by atoms with van der Waals surface area (Å²) in [5.41, 5.74) is 1.64. The van der Waals surface area contributed by atoms with E-state index in [0.717, 1.165) is 29.5 Å². The molecule has 98 valence electrons. The van der Waals surface area contributed by atoms with Crippen molar-refractivity contribution in [2.45, 2.75) is 0 Å². The average Bonchev–Trinajstić information content (AvgIpc) is 2.84. The fourth-order valence-electron chi connectivity index (χ4n) is 1.35. The molecule has 0 unspecified atom stereocenters. The van der Waals surface area contributed by atoms with Gasteiger partial charge in [-0.15, -0.1) is 11.3 Å². The molecule has 0 spiro atoms. The number of nitrogens with zero attached hydrogens (tertiary/aromatic N) is 1. The molecule has 1 heterocycles. The first kappa shape index (κ1) is 13.3. The van der Waals surface area contributed by atoms with Gasteiger partial charge in [0.2, 0.25) is 0 Å². The highest BCUT2D eigenvalue weighted by molar-refractivity contribution is 7.15. The molecule has 0 aliphatic carbocycles.